The number of alkyl halides is 1. The molecule has 0 aromatic heterocycles. The first-order valence-corrected chi connectivity index (χ1v) is 10.2. The molecule has 2 amide bonds. The fourth-order valence-electron chi connectivity index (χ4n) is 3.48. The van der Waals surface area contributed by atoms with Crippen LogP contribution in [-0.4, -0.2) is 62.3 Å². The second kappa shape index (κ2) is 9.05. The van der Waals surface area contributed by atoms with Crippen molar-refractivity contribution in [3.63, 3.8) is 0 Å². The summed E-state index contributed by atoms with van der Waals surface area (Å²) in [6.07, 6.45) is 2.45. The number of ether oxygens (including phenoxy) is 2. The van der Waals surface area contributed by atoms with Crippen LogP contribution in [-0.2, 0) is 14.3 Å². The lowest BCUT2D eigenvalue weighted by Gasteiger charge is -2.40. The zero-order chi connectivity index (χ0) is 22.8. The molecule has 2 aliphatic rings. The maximum atomic E-state index is 13.9. The first kappa shape index (κ1) is 22.7. The minimum atomic E-state index is -1.65. The number of hydrogen-bond acceptors (Lipinski definition) is 6. The van der Waals surface area contributed by atoms with Gasteiger partial charge in [0, 0.05) is 31.5 Å². The van der Waals surface area contributed by atoms with Gasteiger partial charge in [-0.2, -0.15) is 0 Å². The van der Waals surface area contributed by atoms with Gasteiger partial charge in [-0.3, -0.25) is 14.7 Å². The minimum Gasteiger partial charge on any atom is -0.446 e. The number of anilines is 2. The molecule has 0 spiro atoms. The second-order valence-corrected chi connectivity index (χ2v) is 8.42. The number of amides is 2. The zero-order valence-electron chi connectivity index (χ0n) is 18.3. The molecule has 1 aromatic rings. The molecule has 3 rings (SSSR count). The third-order valence-corrected chi connectivity index (χ3v) is 5.07. The Morgan fingerprint density at radius 2 is 2.06 bits per heavy atom. The highest BCUT2D eigenvalue weighted by atomic mass is 19.1. The van der Waals surface area contributed by atoms with Gasteiger partial charge in [0.05, 0.1) is 36.7 Å². The molecule has 0 radical (unpaired) electrons. The molecule has 2 N–H and O–H groups in total. The monoisotopic (exact) mass is 432 g/mol. The predicted molar refractivity (Wildman–Crippen MR) is 118 cm³/mol. The summed E-state index contributed by atoms with van der Waals surface area (Å²) in [7, 11) is 0. The van der Waals surface area contributed by atoms with E-state index in [9.17, 15) is 14.0 Å². The number of nitrogens with two attached hydrogens (primary N) is 1. The summed E-state index contributed by atoms with van der Waals surface area (Å²) in [5.74, 6) is -0.138. The van der Waals surface area contributed by atoms with Gasteiger partial charge >= 0.3 is 6.09 Å². The van der Waals surface area contributed by atoms with Gasteiger partial charge in [-0.15, -0.1) is 0 Å². The molecule has 8 nitrogen and oxygen atoms in total. The highest BCUT2D eigenvalue weighted by Crippen LogP contribution is 2.38. The van der Waals surface area contributed by atoms with Gasteiger partial charge in [0.2, 0.25) is 5.91 Å². The number of aliphatic imine (C=N–C) groups is 1. The Morgan fingerprint density at radius 1 is 1.35 bits per heavy atom. The fraction of sp³-hybridized carbons (Fsp3) is 0.500. The molecule has 1 aromatic carbocycles. The van der Waals surface area contributed by atoms with Crippen molar-refractivity contribution in [2.75, 3.05) is 36.2 Å². The maximum absolute atomic E-state index is 13.9. The van der Waals surface area contributed by atoms with Crippen LogP contribution >= 0.6 is 0 Å². The number of fused-ring (bicyclic) bond motifs is 1. The Kier molecular flexibility index (Phi) is 6.64. The summed E-state index contributed by atoms with van der Waals surface area (Å²) in [5, 5.41) is 0. The third kappa shape index (κ3) is 5.22. The predicted octanol–water partition coefficient (Wildman–Crippen LogP) is 2.90. The Hall–Kier alpha value is -2.94. The fourth-order valence-corrected chi connectivity index (χ4v) is 3.48. The van der Waals surface area contributed by atoms with E-state index in [0.29, 0.717) is 30.2 Å². The van der Waals surface area contributed by atoms with Crippen LogP contribution in [0.2, 0.25) is 0 Å². The first-order valence-electron chi connectivity index (χ1n) is 10.2. The Balaban J connectivity index is 1.96. The van der Waals surface area contributed by atoms with Gasteiger partial charge in [0.1, 0.15) is 12.3 Å². The van der Waals surface area contributed by atoms with Crippen molar-refractivity contribution in [2.45, 2.75) is 45.4 Å². The Bertz CT molecular complexity index is 905. The van der Waals surface area contributed by atoms with E-state index in [1.54, 1.807) is 23.2 Å². The first-order chi connectivity index (χ1) is 14.6. The quantitative estimate of drug-likeness (QED) is 0.722. The van der Waals surface area contributed by atoms with Crippen molar-refractivity contribution in [1.82, 2.24) is 0 Å². The SMILES string of the molecule is CC(=O)N1c2ccc(/C(C=NC3COC3)=C/N)cc2N(C(=O)OCC(C)(C)F)C[C@@H]1C. The average molecular weight is 432 g/mol. The molecule has 168 valence electrons. The van der Waals surface area contributed by atoms with Gasteiger partial charge in [-0.05, 0) is 38.5 Å². The number of benzene rings is 1. The van der Waals surface area contributed by atoms with E-state index in [-0.39, 0.29) is 31.1 Å². The van der Waals surface area contributed by atoms with E-state index in [4.69, 9.17) is 15.2 Å². The number of allylic oxidation sites excluding steroid dienone is 1. The second-order valence-electron chi connectivity index (χ2n) is 8.42. The molecule has 1 saturated heterocycles. The number of hydrogen-bond donors (Lipinski definition) is 1. The van der Waals surface area contributed by atoms with E-state index in [1.807, 2.05) is 13.0 Å². The van der Waals surface area contributed by atoms with E-state index in [2.05, 4.69) is 4.99 Å². The number of halogens is 1. The molecule has 9 heteroatoms. The molecule has 2 aliphatic heterocycles. The standard InChI is InChI=1S/C22H29FN4O4/c1-14-10-26(21(29)31-13-22(3,4)23)20-7-16(5-6-19(20)27(14)15(2)28)17(8-24)9-25-18-11-30-12-18/h5-9,14,18H,10-13,24H2,1-4H3/b17-8+,25-9?/t14-/m0/s1. The van der Waals surface area contributed by atoms with Crippen LogP contribution in [0.15, 0.2) is 29.4 Å². The normalized spacial score (nSPS) is 19.9. The van der Waals surface area contributed by atoms with Crippen molar-refractivity contribution in [3.8, 4) is 0 Å². The molecule has 0 bridgehead atoms. The van der Waals surface area contributed by atoms with E-state index >= 15 is 0 Å². The molecule has 1 atom stereocenters. The number of nitrogens with zero attached hydrogens (tertiary/aromatic N) is 3. The largest absolute Gasteiger partial charge is 0.446 e. The van der Waals surface area contributed by atoms with Crippen molar-refractivity contribution < 1.29 is 23.5 Å². The van der Waals surface area contributed by atoms with Crippen LogP contribution < -0.4 is 15.5 Å². The summed E-state index contributed by atoms with van der Waals surface area (Å²) in [5.41, 5.74) is 6.63. The summed E-state index contributed by atoms with van der Waals surface area (Å²) in [6.45, 7) is 7.01. The molecule has 31 heavy (non-hydrogen) atoms. The number of rotatable bonds is 5. The number of carbonyl (C=O) groups is 2. The van der Waals surface area contributed by atoms with E-state index in [0.717, 1.165) is 5.56 Å². The van der Waals surface area contributed by atoms with Crippen LogP contribution in [0, 0.1) is 0 Å². The molecular formula is C22H29FN4O4. The summed E-state index contributed by atoms with van der Waals surface area (Å²) >= 11 is 0. The molecule has 0 saturated carbocycles. The van der Waals surface area contributed by atoms with Crippen molar-refractivity contribution in [2.24, 2.45) is 10.7 Å². The lowest BCUT2D eigenvalue weighted by molar-refractivity contribution is -0.117. The molecular weight excluding hydrogens is 403 g/mol. The molecule has 1 fully saturated rings. The third-order valence-electron chi connectivity index (χ3n) is 5.07. The minimum absolute atomic E-state index is 0.108. The van der Waals surface area contributed by atoms with Gasteiger partial charge < -0.3 is 20.1 Å². The van der Waals surface area contributed by atoms with Crippen molar-refractivity contribution in [1.29, 1.82) is 0 Å². The summed E-state index contributed by atoms with van der Waals surface area (Å²) in [6, 6.07) is 5.19. The average Bonchev–Trinajstić information content (AvgIpc) is 2.66. The topological polar surface area (TPSA) is 97.5 Å². The lowest BCUT2D eigenvalue weighted by atomic mass is 10.0. The van der Waals surface area contributed by atoms with Gasteiger partial charge in [0.15, 0.2) is 0 Å². The molecule has 0 aliphatic carbocycles. The van der Waals surface area contributed by atoms with Crippen LogP contribution in [0.4, 0.5) is 20.6 Å². The van der Waals surface area contributed by atoms with Gasteiger partial charge in [-0.1, -0.05) is 6.07 Å². The van der Waals surface area contributed by atoms with Crippen LogP contribution in [0.5, 0.6) is 0 Å². The van der Waals surface area contributed by atoms with E-state index in [1.165, 1.54) is 31.9 Å². The zero-order valence-corrected chi connectivity index (χ0v) is 18.3. The Morgan fingerprint density at radius 3 is 2.61 bits per heavy atom. The van der Waals surface area contributed by atoms with Crippen LogP contribution in [0.25, 0.3) is 5.57 Å². The Labute approximate surface area is 181 Å². The highest BCUT2D eigenvalue weighted by Gasteiger charge is 2.35. The maximum Gasteiger partial charge on any atom is 0.414 e. The highest BCUT2D eigenvalue weighted by molar-refractivity contribution is 6.11. The van der Waals surface area contributed by atoms with Gasteiger partial charge in [0.25, 0.3) is 0 Å². The lowest BCUT2D eigenvalue weighted by Crippen LogP contribution is -2.51. The molecule has 0 unspecified atom stereocenters. The van der Waals surface area contributed by atoms with Crippen LogP contribution in [0.3, 0.4) is 0 Å². The summed E-state index contributed by atoms with van der Waals surface area (Å²) in [4.78, 5) is 32.6. The van der Waals surface area contributed by atoms with E-state index < -0.39 is 11.8 Å². The van der Waals surface area contributed by atoms with Gasteiger partial charge in [-0.25, -0.2) is 9.18 Å². The van der Waals surface area contributed by atoms with Crippen molar-refractivity contribution in [3.05, 3.63) is 30.0 Å². The molecule has 2 heterocycles. The van der Waals surface area contributed by atoms with Crippen molar-refractivity contribution >= 4 is 35.2 Å². The summed E-state index contributed by atoms with van der Waals surface area (Å²) < 4.78 is 24.2. The van der Waals surface area contributed by atoms with Crippen LogP contribution in [0.1, 0.15) is 33.3 Å². The smallest absolute Gasteiger partial charge is 0.414 e. The number of carbonyl (C=O) groups excluding carboxylic acids is 2.